The maximum Gasteiger partial charge on any atom is 0.269 e. The minimum atomic E-state index is -0.680. The summed E-state index contributed by atoms with van der Waals surface area (Å²) < 4.78 is 35.1. The van der Waals surface area contributed by atoms with E-state index in [1.54, 1.807) is 37.3 Å². The first-order chi connectivity index (χ1) is 19.3. The van der Waals surface area contributed by atoms with E-state index in [1.165, 1.54) is 48.3 Å². The number of nitrogen functional groups attached to an aromatic ring is 1. The molecule has 0 bridgehead atoms. The third-order valence-corrected chi connectivity index (χ3v) is 5.86. The Morgan fingerprint density at radius 1 is 1.23 bits per heavy atom. The first kappa shape index (κ1) is 27.7. The van der Waals surface area contributed by atoms with Gasteiger partial charge in [-0.3, -0.25) is 9.36 Å². The normalized spacial score (nSPS) is 12.2. The third-order valence-electron chi connectivity index (χ3n) is 5.86. The van der Waals surface area contributed by atoms with Crippen molar-refractivity contribution in [2.24, 2.45) is 0 Å². The van der Waals surface area contributed by atoms with Gasteiger partial charge in [-0.2, -0.15) is 0 Å². The number of nitrogens with zero attached hydrogens (tertiary/aromatic N) is 4. The largest absolute Gasteiger partial charge is 0.497 e. The lowest BCUT2D eigenvalue weighted by Crippen LogP contribution is -2.28. The number of methoxy groups -OCH3 is 1. The molecule has 2 heterocycles. The molecule has 8 nitrogen and oxygen atoms in total. The molecule has 3 N–H and O–H groups in total. The van der Waals surface area contributed by atoms with Crippen LogP contribution in [-0.2, 0) is 0 Å². The van der Waals surface area contributed by atoms with Gasteiger partial charge in [0.25, 0.3) is 5.56 Å². The molecule has 0 aliphatic rings. The highest BCUT2D eigenvalue weighted by Gasteiger charge is 2.21. The average molecular weight is 541 g/mol. The summed E-state index contributed by atoms with van der Waals surface area (Å²) in [6.45, 7) is 7.40. The molecule has 1 unspecified atom stereocenters. The minimum Gasteiger partial charge on any atom is -0.497 e. The number of rotatable bonds is 7. The van der Waals surface area contributed by atoms with Crippen molar-refractivity contribution in [2.75, 3.05) is 18.2 Å². The van der Waals surface area contributed by atoms with Crippen LogP contribution in [0.4, 0.5) is 20.4 Å². The highest BCUT2D eigenvalue weighted by atomic mass is 19.1. The summed E-state index contributed by atoms with van der Waals surface area (Å²) >= 11 is 0. The van der Waals surface area contributed by atoms with E-state index < -0.39 is 23.2 Å². The van der Waals surface area contributed by atoms with Gasteiger partial charge < -0.3 is 15.8 Å². The Kier molecular flexibility index (Phi) is 8.35. The standard InChI is InChI=1S/C30H26F2N6O2/c1-5-7-9-21(6-2)38-29(37-25-11-8-10-24(32)26(25)30(38)39)18(3)36-28-23(27(33)34-17-35-28)13-12-19-14-20(31)16-22(15-19)40-4/h5-11,14-18H,2H2,1,3-4H3,(H3,33,34,35,36)/b7-5-,21-9+. The van der Waals surface area contributed by atoms with Crippen LogP contribution in [0.3, 0.4) is 0 Å². The first-order valence-corrected chi connectivity index (χ1v) is 12.2. The van der Waals surface area contributed by atoms with Crippen molar-refractivity contribution in [1.29, 1.82) is 0 Å². The summed E-state index contributed by atoms with van der Waals surface area (Å²) in [6, 6.07) is 7.69. The van der Waals surface area contributed by atoms with E-state index in [9.17, 15) is 13.6 Å². The Morgan fingerprint density at radius 3 is 2.75 bits per heavy atom. The molecule has 40 heavy (non-hydrogen) atoms. The Balaban J connectivity index is 1.84. The monoisotopic (exact) mass is 540 g/mol. The number of nitrogens with one attached hydrogen (secondary N) is 1. The van der Waals surface area contributed by atoms with Gasteiger partial charge in [-0.05, 0) is 50.3 Å². The Hall–Kier alpha value is -5.30. The maximum absolute atomic E-state index is 14.7. The second-order valence-corrected chi connectivity index (χ2v) is 8.54. The number of hydrogen-bond acceptors (Lipinski definition) is 7. The molecule has 0 aliphatic carbocycles. The second kappa shape index (κ2) is 12.0. The number of benzene rings is 2. The third kappa shape index (κ3) is 5.73. The zero-order chi connectivity index (χ0) is 28.8. The van der Waals surface area contributed by atoms with Crippen molar-refractivity contribution in [2.45, 2.75) is 19.9 Å². The Bertz CT molecular complexity index is 1780. The minimum absolute atomic E-state index is 0.0891. The predicted octanol–water partition coefficient (Wildman–Crippen LogP) is 5.23. The lowest BCUT2D eigenvalue weighted by molar-refractivity contribution is 0.411. The number of halogens is 2. The van der Waals surface area contributed by atoms with Crippen molar-refractivity contribution >= 4 is 28.2 Å². The molecule has 0 spiro atoms. The van der Waals surface area contributed by atoms with Gasteiger partial charge in [0, 0.05) is 17.3 Å². The van der Waals surface area contributed by atoms with Crippen LogP contribution in [0.2, 0.25) is 0 Å². The molecule has 1 atom stereocenters. The van der Waals surface area contributed by atoms with Gasteiger partial charge >= 0.3 is 0 Å². The molecule has 0 saturated heterocycles. The average Bonchev–Trinajstić information content (AvgIpc) is 2.93. The van der Waals surface area contributed by atoms with Crippen molar-refractivity contribution in [3.05, 3.63) is 113 Å². The van der Waals surface area contributed by atoms with Crippen LogP contribution < -0.4 is 21.3 Å². The van der Waals surface area contributed by atoms with Gasteiger partial charge in [0.15, 0.2) is 0 Å². The van der Waals surface area contributed by atoms with E-state index in [4.69, 9.17) is 10.5 Å². The summed E-state index contributed by atoms with van der Waals surface area (Å²) in [6.07, 6.45) is 7.94. The number of nitrogens with two attached hydrogens (primary N) is 1. The fourth-order valence-electron chi connectivity index (χ4n) is 3.96. The predicted molar refractivity (Wildman–Crippen MR) is 153 cm³/mol. The number of aromatic nitrogens is 4. The number of hydrogen-bond donors (Lipinski definition) is 2. The van der Waals surface area contributed by atoms with Gasteiger partial charge in [-0.1, -0.05) is 36.6 Å². The fraction of sp³-hybridized carbons (Fsp3) is 0.133. The van der Waals surface area contributed by atoms with Gasteiger partial charge in [0.05, 0.1) is 18.7 Å². The summed E-state index contributed by atoms with van der Waals surface area (Å²) in [5.74, 6) is 5.50. The van der Waals surface area contributed by atoms with Crippen LogP contribution in [0.15, 0.2) is 78.4 Å². The van der Waals surface area contributed by atoms with Crippen LogP contribution in [0, 0.1) is 23.5 Å². The molecule has 0 amide bonds. The number of anilines is 2. The van der Waals surface area contributed by atoms with Gasteiger partial charge in [0.2, 0.25) is 0 Å². The maximum atomic E-state index is 14.7. The number of fused-ring (bicyclic) bond motifs is 1. The van der Waals surface area contributed by atoms with Crippen LogP contribution in [0.25, 0.3) is 16.6 Å². The van der Waals surface area contributed by atoms with Crippen molar-refractivity contribution in [1.82, 2.24) is 19.5 Å². The van der Waals surface area contributed by atoms with E-state index in [2.05, 4.69) is 38.7 Å². The molecule has 10 heteroatoms. The molecule has 4 rings (SSSR count). The molecule has 0 fully saturated rings. The van der Waals surface area contributed by atoms with Gasteiger partial charge in [-0.15, -0.1) is 0 Å². The van der Waals surface area contributed by atoms with Gasteiger partial charge in [-0.25, -0.2) is 23.7 Å². The highest BCUT2D eigenvalue weighted by Crippen LogP contribution is 2.25. The quantitative estimate of drug-likeness (QED) is 0.244. The molecule has 202 valence electrons. The number of ether oxygens (including phenoxy) is 1. The van der Waals surface area contributed by atoms with E-state index >= 15 is 0 Å². The van der Waals surface area contributed by atoms with Gasteiger partial charge in [0.1, 0.15) is 52.1 Å². The lowest BCUT2D eigenvalue weighted by Gasteiger charge is -2.21. The van der Waals surface area contributed by atoms with Crippen LogP contribution in [-0.4, -0.2) is 26.6 Å². The molecule has 0 aliphatic heterocycles. The fourth-order valence-corrected chi connectivity index (χ4v) is 3.96. The molecule has 2 aromatic heterocycles. The molecule has 0 saturated carbocycles. The lowest BCUT2D eigenvalue weighted by atomic mass is 10.1. The summed E-state index contributed by atoms with van der Waals surface area (Å²) in [5.41, 5.74) is 6.73. The van der Waals surface area contributed by atoms with Crippen molar-refractivity contribution in [3.8, 4) is 17.6 Å². The van der Waals surface area contributed by atoms with Crippen molar-refractivity contribution in [3.63, 3.8) is 0 Å². The molecular weight excluding hydrogens is 514 g/mol. The van der Waals surface area contributed by atoms with Crippen LogP contribution in [0.5, 0.6) is 5.75 Å². The zero-order valence-electron chi connectivity index (χ0n) is 22.1. The Morgan fingerprint density at radius 2 is 2.02 bits per heavy atom. The topological polar surface area (TPSA) is 108 Å². The SMILES string of the molecule is C=C/C(=C\C=C/C)n1c(C(C)Nc2ncnc(N)c2C#Cc2cc(F)cc(OC)c2)nc2cccc(F)c2c1=O. The van der Waals surface area contributed by atoms with E-state index in [-0.39, 0.29) is 33.9 Å². The van der Waals surface area contributed by atoms with Crippen LogP contribution in [0.1, 0.15) is 36.8 Å². The van der Waals surface area contributed by atoms with E-state index in [1.807, 2.05) is 6.92 Å². The second-order valence-electron chi connectivity index (χ2n) is 8.54. The Labute approximate surface area is 229 Å². The molecule has 0 radical (unpaired) electrons. The smallest absolute Gasteiger partial charge is 0.269 e. The summed E-state index contributed by atoms with van der Waals surface area (Å²) in [7, 11) is 1.43. The van der Waals surface area contributed by atoms with E-state index in [0.29, 0.717) is 17.0 Å². The summed E-state index contributed by atoms with van der Waals surface area (Å²) in [5, 5.41) is 3.05. The molecule has 2 aromatic carbocycles. The van der Waals surface area contributed by atoms with Crippen molar-refractivity contribution < 1.29 is 13.5 Å². The number of allylic oxidation sites excluding steroid dienone is 5. The molecule has 4 aromatic rings. The summed E-state index contributed by atoms with van der Waals surface area (Å²) in [4.78, 5) is 26.5. The van der Waals surface area contributed by atoms with Crippen LogP contribution >= 0.6 is 0 Å². The zero-order valence-corrected chi connectivity index (χ0v) is 22.1. The van der Waals surface area contributed by atoms with E-state index in [0.717, 1.165) is 0 Å². The first-order valence-electron chi connectivity index (χ1n) is 12.2. The molecular formula is C30H26F2N6O2. The highest BCUT2D eigenvalue weighted by molar-refractivity contribution is 5.80.